The second-order valence-corrected chi connectivity index (χ2v) is 3.33. The van der Waals surface area contributed by atoms with E-state index in [1.165, 1.54) is 6.20 Å². The number of carboxylic acids is 1. The van der Waals surface area contributed by atoms with E-state index in [0.29, 0.717) is 25.5 Å². The van der Waals surface area contributed by atoms with E-state index in [-0.39, 0.29) is 5.89 Å². The zero-order valence-electron chi connectivity index (χ0n) is 8.18. The van der Waals surface area contributed by atoms with Gasteiger partial charge < -0.3 is 14.3 Å². The minimum absolute atomic E-state index is 0.252. The van der Waals surface area contributed by atoms with Gasteiger partial charge in [-0.2, -0.15) is 0 Å². The molecule has 1 aliphatic heterocycles. The van der Waals surface area contributed by atoms with Crippen LogP contribution in [0.5, 0.6) is 0 Å². The van der Waals surface area contributed by atoms with Gasteiger partial charge in [0.25, 0.3) is 0 Å². The molecular formula is C9H12N2O4. The third kappa shape index (κ3) is 2.54. The van der Waals surface area contributed by atoms with E-state index in [1.54, 1.807) is 0 Å². The number of hydrogen-bond donors (Lipinski definition) is 1. The first-order valence-corrected chi connectivity index (χ1v) is 4.74. The molecule has 0 aromatic carbocycles. The minimum atomic E-state index is -1.14. The van der Waals surface area contributed by atoms with Crippen molar-refractivity contribution in [2.24, 2.45) is 0 Å². The molecule has 0 saturated carbocycles. The Morgan fingerprint density at radius 2 is 2.27 bits per heavy atom. The molecule has 6 nitrogen and oxygen atoms in total. The van der Waals surface area contributed by atoms with Crippen LogP contribution in [0.1, 0.15) is 16.4 Å². The van der Waals surface area contributed by atoms with Gasteiger partial charge in [-0.15, -0.1) is 0 Å². The fourth-order valence-electron chi connectivity index (χ4n) is 1.46. The van der Waals surface area contributed by atoms with E-state index in [0.717, 1.165) is 13.1 Å². The van der Waals surface area contributed by atoms with E-state index >= 15 is 0 Å². The van der Waals surface area contributed by atoms with Crippen molar-refractivity contribution in [3.05, 3.63) is 17.8 Å². The molecule has 0 aliphatic carbocycles. The first-order valence-electron chi connectivity index (χ1n) is 4.74. The van der Waals surface area contributed by atoms with Crippen LogP contribution >= 0.6 is 0 Å². The number of aromatic carboxylic acids is 1. The van der Waals surface area contributed by atoms with Crippen molar-refractivity contribution in [3.63, 3.8) is 0 Å². The van der Waals surface area contributed by atoms with Crippen LogP contribution < -0.4 is 0 Å². The molecule has 6 heteroatoms. The third-order valence-electron chi connectivity index (χ3n) is 2.22. The van der Waals surface area contributed by atoms with Crippen molar-refractivity contribution in [3.8, 4) is 0 Å². The van der Waals surface area contributed by atoms with Crippen molar-refractivity contribution in [2.75, 3.05) is 26.3 Å². The summed E-state index contributed by atoms with van der Waals surface area (Å²) < 4.78 is 10.3. The highest BCUT2D eigenvalue weighted by Gasteiger charge is 2.15. The molecule has 1 N–H and O–H groups in total. The van der Waals surface area contributed by atoms with Gasteiger partial charge in [0.1, 0.15) is 5.76 Å². The third-order valence-corrected chi connectivity index (χ3v) is 2.22. The van der Waals surface area contributed by atoms with Gasteiger partial charge in [0, 0.05) is 13.1 Å². The van der Waals surface area contributed by atoms with Gasteiger partial charge in [0.15, 0.2) is 0 Å². The summed E-state index contributed by atoms with van der Waals surface area (Å²) in [6.07, 6.45) is 1.46. The van der Waals surface area contributed by atoms with E-state index in [1.807, 2.05) is 0 Å². The summed E-state index contributed by atoms with van der Waals surface area (Å²) in [5.41, 5.74) is 0. The number of oxazole rings is 1. The van der Waals surface area contributed by atoms with Crippen molar-refractivity contribution in [1.82, 2.24) is 9.88 Å². The predicted molar refractivity (Wildman–Crippen MR) is 49.6 cm³/mol. The van der Waals surface area contributed by atoms with Crippen LogP contribution in [0.4, 0.5) is 0 Å². The standard InChI is InChI=1S/C9H12N2O4/c12-9(13)8-10-5-7(15-8)6-11-1-3-14-4-2-11/h5H,1-4,6H2,(H,12,13). The Morgan fingerprint density at radius 1 is 1.53 bits per heavy atom. The molecule has 1 aromatic rings. The quantitative estimate of drug-likeness (QED) is 0.771. The molecule has 2 heterocycles. The molecule has 0 unspecified atom stereocenters. The van der Waals surface area contributed by atoms with Gasteiger partial charge in [0.05, 0.1) is 26.0 Å². The Morgan fingerprint density at radius 3 is 2.87 bits per heavy atom. The van der Waals surface area contributed by atoms with Crippen LogP contribution in [0.2, 0.25) is 0 Å². The second kappa shape index (κ2) is 4.41. The molecular weight excluding hydrogens is 200 g/mol. The van der Waals surface area contributed by atoms with E-state index in [9.17, 15) is 4.79 Å². The van der Waals surface area contributed by atoms with Gasteiger partial charge in [0.2, 0.25) is 0 Å². The van der Waals surface area contributed by atoms with Crippen molar-refractivity contribution in [1.29, 1.82) is 0 Å². The van der Waals surface area contributed by atoms with Gasteiger partial charge in [-0.1, -0.05) is 0 Å². The van der Waals surface area contributed by atoms with Crippen molar-refractivity contribution in [2.45, 2.75) is 6.54 Å². The smallest absolute Gasteiger partial charge is 0.392 e. The Bertz CT molecular complexity index is 344. The van der Waals surface area contributed by atoms with E-state index < -0.39 is 5.97 Å². The number of morpholine rings is 1. The minimum Gasteiger partial charge on any atom is -0.474 e. The van der Waals surface area contributed by atoms with Crippen LogP contribution in [-0.2, 0) is 11.3 Å². The maximum atomic E-state index is 10.5. The van der Waals surface area contributed by atoms with Crippen LogP contribution in [0, 0.1) is 0 Å². The molecule has 1 saturated heterocycles. The number of rotatable bonds is 3. The Labute approximate surface area is 86.5 Å². The number of aromatic nitrogens is 1. The van der Waals surface area contributed by atoms with Crippen molar-refractivity contribution < 1.29 is 19.1 Å². The highest BCUT2D eigenvalue weighted by molar-refractivity contribution is 5.81. The van der Waals surface area contributed by atoms with Gasteiger partial charge in [-0.05, 0) is 0 Å². The maximum absolute atomic E-state index is 10.5. The summed E-state index contributed by atoms with van der Waals surface area (Å²) in [6.45, 7) is 3.68. The summed E-state index contributed by atoms with van der Waals surface area (Å²) in [5.74, 6) is -0.809. The number of nitrogens with zero attached hydrogens (tertiary/aromatic N) is 2. The van der Waals surface area contributed by atoms with E-state index in [2.05, 4.69) is 9.88 Å². The number of ether oxygens (including phenoxy) is 1. The Hall–Kier alpha value is -1.40. The molecule has 82 valence electrons. The van der Waals surface area contributed by atoms with Gasteiger partial charge in [-0.25, -0.2) is 9.78 Å². The summed E-state index contributed by atoms with van der Waals surface area (Å²) in [5, 5.41) is 8.61. The Balaban J connectivity index is 1.94. The molecule has 0 spiro atoms. The van der Waals surface area contributed by atoms with Gasteiger partial charge >= 0.3 is 11.9 Å². The van der Waals surface area contributed by atoms with Crippen LogP contribution in [-0.4, -0.2) is 47.3 Å². The topological polar surface area (TPSA) is 75.8 Å². The van der Waals surface area contributed by atoms with Crippen LogP contribution in [0.25, 0.3) is 0 Å². The summed E-state index contributed by atoms with van der Waals surface area (Å²) >= 11 is 0. The number of carboxylic acid groups (broad SMARTS) is 1. The lowest BCUT2D eigenvalue weighted by atomic mass is 10.4. The first-order chi connectivity index (χ1) is 7.25. The normalized spacial score (nSPS) is 17.9. The van der Waals surface area contributed by atoms with Crippen LogP contribution in [0.3, 0.4) is 0 Å². The monoisotopic (exact) mass is 212 g/mol. The predicted octanol–water partition coefficient (Wildman–Crippen LogP) is 0.205. The van der Waals surface area contributed by atoms with E-state index in [4.69, 9.17) is 14.3 Å². The number of hydrogen-bond acceptors (Lipinski definition) is 5. The highest BCUT2D eigenvalue weighted by atomic mass is 16.5. The average molecular weight is 212 g/mol. The molecule has 0 atom stereocenters. The zero-order valence-corrected chi connectivity index (χ0v) is 8.18. The Kier molecular flexibility index (Phi) is 2.98. The molecule has 2 rings (SSSR count). The fraction of sp³-hybridized carbons (Fsp3) is 0.556. The SMILES string of the molecule is O=C(O)c1ncc(CN2CCOCC2)o1. The average Bonchev–Trinajstić information content (AvgIpc) is 2.68. The summed E-state index contributed by atoms with van der Waals surface area (Å²) in [6, 6.07) is 0. The summed E-state index contributed by atoms with van der Waals surface area (Å²) in [7, 11) is 0. The lowest BCUT2D eigenvalue weighted by Gasteiger charge is -2.25. The number of carbonyl (C=O) groups is 1. The lowest BCUT2D eigenvalue weighted by molar-refractivity contribution is 0.0308. The largest absolute Gasteiger partial charge is 0.474 e. The molecule has 1 aromatic heterocycles. The molecule has 0 amide bonds. The fourth-order valence-corrected chi connectivity index (χ4v) is 1.46. The molecule has 0 radical (unpaired) electrons. The lowest BCUT2D eigenvalue weighted by Crippen LogP contribution is -2.35. The van der Waals surface area contributed by atoms with Gasteiger partial charge in [-0.3, -0.25) is 4.90 Å². The van der Waals surface area contributed by atoms with Crippen molar-refractivity contribution >= 4 is 5.97 Å². The summed E-state index contributed by atoms with van der Waals surface area (Å²) in [4.78, 5) is 16.3. The molecule has 15 heavy (non-hydrogen) atoms. The van der Waals surface area contributed by atoms with Crippen LogP contribution in [0.15, 0.2) is 10.6 Å². The molecule has 1 aliphatic rings. The zero-order chi connectivity index (χ0) is 10.7. The first kappa shape index (κ1) is 10.1. The molecule has 0 bridgehead atoms. The maximum Gasteiger partial charge on any atom is 0.392 e. The highest BCUT2D eigenvalue weighted by Crippen LogP contribution is 2.08. The second-order valence-electron chi connectivity index (χ2n) is 3.33. The molecule has 1 fully saturated rings.